The van der Waals surface area contributed by atoms with Crippen molar-refractivity contribution in [2.75, 3.05) is 0 Å². The van der Waals surface area contributed by atoms with Gasteiger partial charge in [-0.1, -0.05) is 78.1 Å². The Kier molecular flexibility index (Phi) is 11.6. The molecule has 0 saturated heterocycles. The molecule has 132 valence electrons. The van der Waals surface area contributed by atoms with Crippen molar-refractivity contribution in [1.29, 1.82) is 0 Å². The summed E-state index contributed by atoms with van der Waals surface area (Å²) in [5.41, 5.74) is 2.06. The Bertz CT molecular complexity index is 447. The molecule has 1 aromatic heterocycles. The summed E-state index contributed by atoms with van der Waals surface area (Å²) < 4.78 is 5.10. The van der Waals surface area contributed by atoms with Gasteiger partial charge in [0.1, 0.15) is 0 Å². The minimum atomic E-state index is -0.109. The van der Waals surface area contributed by atoms with Crippen molar-refractivity contribution in [2.45, 2.75) is 104 Å². The van der Waals surface area contributed by atoms with Crippen molar-refractivity contribution in [3.8, 4) is 0 Å². The van der Waals surface area contributed by atoms with Crippen LogP contribution in [0.25, 0.3) is 0 Å². The first kappa shape index (κ1) is 20.0. The molecule has 0 fully saturated rings. The summed E-state index contributed by atoms with van der Waals surface area (Å²) in [6.45, 7) is 4.49. The molecule has 0 unspecified atom stereocenters. The fraction of sp³-hybridized carbons (Fsp3) is 0.762. The van der Waals surface area contributed by atoms with E-state index in [2.05, 4.69) is 13.8 Å². The Morgan fingerprint density at radius 1 is 0.739 bits per heavy atom. The van der Waals surface area contributed by atoms with E-state index in [0.29, 0.717) is 0 Å². The first-order valence-corrected chi connectivity index (χ1v) is 9.89. The second kappa shape index (κ2) is 13.4. The van der Waals surface area contributed by atoms with Gasteiger partial charge in [-0.15, -0.1) is 0 Å². The second-order valence-corrected chi connectivity index (χ2v) is 6.75. The maximum absolute atomic E-state index is 12.0. The largest absolute Gasteiger partial charge is 0.431 e. The van der Waals surface area contributed by atoms with Crippen LogP contribution in [0.1, 0.15) is 102 Å². The number of hydrogen-bond donors (Lipinski definition) is 0. The van der Waals surface area contributed by atoms with Crippen molar-refractivity contribution in [3.63, 3.8) is 0 Å². The van der Waals surface area contributed by atoms with Gasteiger partial charge in [-0.05, 0) is 37.3 Å². The molecule has 1 heterocycles. The van der Waals surface area contributed by atoms with Crippen molar-refractivity contribution >= 4 is 0 Å². The molecule has 0 N–H and O–H groups in total. The topological polar surface area (TPSA) is 30.2 Å². The summed E-state index contributed by atoms with van der Waals surface area (Å²) in [6, 6.07) is 2.01. The number of aryl methyl sites for hydroxylation is 1. The summed E-state index contributed by atoms with van der Waals surface area (Å²) in [5, 5.41) is 0. The highest BCUT2D eigenvalue weighted by molar-refractivity contribution is 5.22. The molecule has 0 aliphatic heterocycles. The highest BCUT2D eigenvalue weighted by atomic mass is 16.4. The van der Waals surface area contributed by atoms with Crippen LogP contribution in [-0.4, -0.2) is 0 Å². The highest BCUT2D eigenvalue weighted by Gasteiger charge is 2.08. The average molecular weight is 321 g/mol. The van der Waals surface area contributed by atoms with Crippen LogP contribution < -0.4 is 5.63 Å². The highest BCUT2D eigenvalue weighted by Crippen LogP contribution is 2.15. The minimum Gasteiger partial charge on any atom is -0.431 e. The molecular formula is C21H36O2. The smallest absolute Gasteiger partial charge is 0.339 e. The number of rotatable bonds is 14. The Hall–Kier alpha value is -1.05. The molecular weight excluding hydrogens is 284 g/mol. The van der Waals surface area contributed by atoms with Gasteiger partial charge < -0.3 is 4.42 Å². The lowest BCUT2D eigenvalue weighted by Crippen LogP contribution is -2.11. The predicted molar refractivity (Wildman–Crippen MR) is 99.1 cm³/mol. The predicted octanol–water partition coefficient (Wildman–Crippen LogP) is 6.45. The summed E-state index contributed by atoms with van der Waals surface area (Å²) >= 11 is 0. The van der Waals surface area contributed by atoms with Crippen molar-refractivity contribution in [3.05, 3.63) is 33.9 Å². The molecule has 0 aliphatic carbocycles. The Balaban J connectivity index is 2.35. The second-order valence-electron chi connectivity index (χ2n) is 6.75. The van der Waals surface area contributed by atoms with Crippen LogP contribution in [0.3, 0.4) is 0 Å². The first-order valence-electron chi connectivity index (χ1n) is 9.89. The average Bonchev–Trinajstić information content (AvgIpc) is 2.56. The van der Waals surface area contributed by atoms with Crippen LogP contribution in [0.4, 0.5) is 0 Å². The van der Waals surface area contributed by atoms with Gasteiger partial charge >= 0.3 is 5.63 Å². The summed E-state index contributed by atoms with van der Waals surface area (Å²) in [7, 11) is 0. The van der Waals surface area contributed by atoms with Crippen LogP contribution in [-0.2, 0) is 12.8 Å². The van der Waals surface area contributed by atoms with Gasteiger partial charge in [0, 0.05) is 5.56 Å². The maximum Gasteiger partial charge on any atom is 0.339 e. The molecule has 0 spiro atoms. The van der Waals surface area contributed by atoms with Gasteiger partial charge in [-0.25, -0.2) is 4.79 Å². The fourth-order valence-electron chi connectivity index (χ4n) is 3.16. The molecule has 0 atom stereocenters. The molecule has 1 rings (SSSR count). The van der Waals surface area contributed by atoms with E-state index in [9.17, 15) is 4.79 Å². The molecule has 0 aromatic carbocycles. The molecule has 0 aliphatic rings. The van der Waals surface area contributed by atoms with Gasteiger partial charge in [0.25, 0.3) is 0 Å². The molecule has 2 nitrogen and oxygen atoms in total. The third kappa shape index (κ3) is 8.98. The van der Waals surface area contributed by atoms with Gasteiger partial charge in [-0.3, -0.25) is 0 Å². The van der Waals surface area contributed by atoms with Gasteiger partial charge in [0.2, 0.25) is 0 Å². The lowest BCUT2D eigenvalue weighted by Gasteiger charge is -2.08. The zero-order chi connectivity index (χ0) is 16.8. The Labute approximate surface area is 142 Å². The van der Waals surface area contributed by atoms with Crippen LogP contribution in [0.15, 0.2) is 21.5 Å². The third-order valence-electron chi connectivity index (χ3n) is 4.66. The van der Waals surface area contributed by atoms with E-state index in [1.165, 1.54) is 76.2 Å². The summed E-state index contributed by atoms with van der Waals surface area (Å²) in [5.74, 6) is 0. The monoisotopic (exact) mass is 320 g/mol. The van der Waals surface area contributed by atoms with Crippen molar-refractivity contribution in [2.24, 2.45) is 0 Å². The summed E-state index contributed by atoms with van der Waals surface area (Å²) in [6.07, 6.45) is 18.8. The van der Waals surface area contributed by atoms with Gasteiger partial charge in [0.05, 0.1) is 6.26 Å². The third-order valence-corrected chi connectivity index (χ3v) is 4.66. The van der Waals surface area contributed by atoms with E-state index in [0.717, 1.165) is 24.8 Å². The van der Waals surface area contributed by atoms with Crippen molar-refractivity contribution < 1.29 is 4.42 Å². The SMILES string of the molecule is CCCCCCCCc1ccoc(=O)c1CCCCCCCC. The van der Waals surface area contributed by atoms with E-state index >= 15 is 0 Å². The zero-order valence-corrected chi connectivity index (χ0v) is 15.4. The maximum atomic E-state index is 12.0. The van der Waals surface area contributed by atoms with Crippen LogP contribution in [0.2, 0.25) is 0 Å². The molecule has 23 heavy (non-hydrogen) atoms. The Morgan fingerprint density at radius 3 is 1.87 bits per heavy atom. The number of unbranched alkanes of at least 4 members (excludes halogenated alkanes) is 10. The number of hydrogen-bond acceptors (Lipinski definition) is 2. The molecule has 2 heteroatoms. The van der Waals surface area contributed by atoms with Crippen LogP contribution in [0.5, 0.6) is 0 Å². The molecule has 1 aromatic rings. The fourth-order valence-corrected chi connectivity index (χ4v) is 3.16. The molecule has 0 saturated carbocycles. The van der Waals surface area contributed by atoms with E-state index < -0.39 is 0 Å². The zero-order valence-electron chi connectivity index (χ0n) is 15.4. The first-order chi connectivity index (χ1) is 11.3. The van der Waals surface area contributed by atoms with Gasteiger partial charge in [-0.2, -0.15) is 0 Å². The lowest BCUT2D eigenvalue weighted by molar-refractivity contribution is 0.492. The van der Waals surface area contributed by atoms with Gasteiger partial charge in [0.15, 0.2) is 0 Å². The Morgan fingerprint density at radius 2 is 1.26 bits per heavy atom. The summed E-state index contributed by atoms with van der Waals surface area (Å²) in [4.78, 5) is 12.0. The van der Waals surface area contributed by atoms with E-state index in [1.54, 1.807) is 6.26 Å². The lowest BCUT2D eigenvalue weighted by atomic mass is 9.98. The van der Waals surface area contributed by atoms with E-state index in [-0.39, 0.29) is 5.63 Å². The normalized spacial score (nSPS) is 11.0. The van der Waals surface area contributed by atoms with E-state index in [4.69, 9.17) is 4.42 Å². The van der Waals surface area contributed by atoms with Crippen molar-refractivity contribution in [1.82, 2.24) is 0 Å². The van der Waals surface area contributed by atoms with Crippen LogP contribution >= 0.6 is 0 Å². The standard InChI is InChI=1S/C21H36O2/c1-3-5-7-9-11-13-15-19-17-18-23-21(22)20(19)16-14-12-10-8-6-4-2/h17-18H,3-16H2,1-2H3. The molecule has 0 bridgehead atoms. The van der Waals surface area contributed by atoms with E-state index in [1.807, 2.05) is 6.07 Å². The van der Waals surface area contributed by atoms with Crippen LogP contribution in [0, 0.1) is 0 Å². The minimum absolute atomic E-state index is 0.109. The quantitative estimate of drug-likeness (QED) is 0.369. The molecule has 0 radical (unpaired) electrons. The molecule has 0 amide bonds.